The van der Waals surface area contributed by atoms with E-state index in [9.17, 15) is 32.0 Å². The Morgan fingerprint density at radius 1 is 1.00 bits per heavy atom. The zero-order valence-corrected chi connectivity index (χ0v) is 34.8. The van der Waals surface area contributed by atoms with Gasteiger partial charge in [-0.05, 0) is 101 Å². The molecule has 9 rings (SSSR count). The molecule has 61 heavy (non-hydrogen) atoms. The number of carbonyl (C=O) groups excluding carboxylic acids is 4. The van der Waals surface area contributed by atoms with E-state index in [4.69, 9.17) is 23.6 Å². The quantitative estimate of drug-likeness (QED) is 0.166. The molecule has 4 heterocycles. The Morgan fingerprint density at radius 2 is 1.80 bits per heavy atom. The minimum atomic E-state index is -3.94. The molecule has 4 amide bonds. The topological polar surface area (TPSA) is 195 Å². The summed E-state index contributed by atoms with van der Waals surface area (Å²) in [7, 11) is -3.94. The Labute approximate surface area is 352 Å². The van der Waals surface area contributed by atoms with Gasteiger partial charge in [-0.1, -0.05) is 31.1 Å². The number of fused-ring (bicyclic) bond motifs is 6. The van der Waals surface area contributed by atoms with Gasteiger partial charge in [-0.15, -0.1) is 0 Å². The zero-order chi connectivity index (χ0) is 42.5. The van der Waals surface area contributed by atoms with Gasteiger partial charge in [0.05, 0.1) is 29.3 Å². The lowest BCUT2D eigenvalue weighted by Gasteiger charge is -2.30. The normalized spacial score (nSPS) is 26.3. The van der Waals surface area contributed by atoms with Crippen molar-refractivity contribution in [1.29, 1.82) is 0 Å². The van der Waals surface area contributed by atoms with E-state index in [0.717, 1.165) is 38.5 Å². The highest BCUT2D eigenvalue weighted by atomic mass is 32.2. The second-order valence-electron chi connectivity index (χ2n) is 17.0. The van der Waals surface area contributed by atoms with E-state index in [1.807, 2.05) is 31.2 Å². The molecule has 0 unspecified atom stereocenters. The zero-order valence-electron chi connectivity index (χ0n) is 34.0. The number of para-hydroxylation sites is 1. The van der Waals surface area contributed by atoms with Gasteiger partial charge in [0, 0.05) is 17.7 Å². The Hall–Kier alpha value is -5.45. The van der Waals surface area contributed by atoms with Crippen LogP contribution in [0.3, 0.4) is 0 Å². The highest BCUT2D eigenvalue weighted by Crippen LogP contribution is 2.47. The highest BCUT2D eigenvalue weighted by Gasteiger charge is 2.62. The van der Waals surface area contributed by atoms with Crippen molar-refractivity contribution >= 4 is 66.8 Å². The van der Waals surface area contributed by atoms with Gasteiger partial charge in [0.1, 0.15) is 41.2 Å². The molecule has 5 atom stereocenters. The van der Waals surface area contributed by atoms with E-state index >= 15 is 0 Å². The fourth-order valence-corrected chi connectivity index (χ4v) is 10.5. The average molecular weight is 860 g/mol. The second-order valence-corrected chi connectivity index (χ2v) is 18.9. The van der Waals surface area contributed by atoms with Crippen LogP contribution < -0.4 is 24.8 Å². The summed E-state index contributed by atoms with van der Waals surface area (Å²) in [4.78, 5) is 62.8. The molecule has 0 radical (unpaired) electrons. The van der Waals surface area contributed by atoms with Gasteiger partial charge in [0.15, 0.2) is 22.7 Å². The fraction of sp³-hybridized carbons (Fsp3) is 0.523. The molecule has 5 aliphatic rings. The van der Waals surface area contributed by atoms with Crippen LogP contribution in [-0.4, -0.2) is 90.3 Å². The predicted molar refractivity (Wildman–Crippen MR) is 222 cm³/mol. The minimum Gasteiger partial charge on any atom is -0.490 e. The van der Waals surface area contributed by atoms with E-state index < -0.39 is 74.5 Å². The third kappa shape index (κ3) is 8.20. The summed E-state index contributed by atoms with van der Waals surface area (Å²) >= 11 is 0. The van der Waals surface area contributed by atoms with Gasteiger partial charge in [-0.2, -0.15) is 0 Å². The van der Waals surface area contributed by atoms with Crippen LogP contribution in [0.1, 0.15) is 90.4 Å². The third-order valence-electron chi connectivity index (χ3n) is 12.6. The van der Waals surface area contributed by atoms with Gasteiger partial charge in [-0.25, -0.2) is 22.6 Å². The molecule has 3 N–H and O–H groups in total. The summed E-state index contributed by atoms with van der Waals surface area (Å²) in [6.07, 6.45) is 9.36. The summed E-state index contributed by atoms with van der Waals surface area (Å²) < 4.78 is 67.8. The van der Waals surface area contributed by atoms with Crippen LogP contribution in [0.5, 0.6) is 11.5 Å². The first-order valence-corrected chi connectivity index (χ1v) is 23.0. The van der Waals surface area contributed by atoms with Crippen molar-refractivity contribution < 1.29 is 50.6 Å². The van der Waals surface area contributed by atoms with Crippen LogP contribution in [-0.2, 0) is 29.1 Å². The van der Waals surface area contributed by atoms with Crippen molar-refractivity contribution in [2.75, 3.05) is 13.2 Å². The molecule has 2 aromatic carbocycles. The maximum atomic E-state index is 15.0. The van der Waals surface area contributed by atoms with E-state index in [1.54, 1.807) is 6.07 Å². The van der Waals surface area contributed by atoms with Crippen molar-refractivity contribution in [3.05, 3.63) is 54.4 Å². The molecule has 15 nitrogen and oxygen atoms in total. The number of alkyl carbamates (subject to hydrolysis) is 1. The number of aromatic nitrogens is 1. The highest BCUT2D eigenvalue weighted by molar-refractivity contribution is 7.91. The number of sulfonamides is 1. The predicted octanol–water partition coefficient (Wildman–Crippen LogP) is 6.06. The molecule has 1 saturated heterocycles. The van der Waals surface area contributed by atoms with E-state index in [-0.39, 0.29) is 43.2 Å². The molecule has 17 heteroatoms. The summed E-state index contributed by atoms with van der Waals surface area (Å²) in [5, 5.41) is 5.97. The van der Waals surface area contributed by atoms with Gasteiger partial charge >= 0.3 is 6.09 Å². The van der Waals surface area contributed by atoms with Crippen molar-refractivity contribution in [3.8, 4) is 11.5 Å². The van der Waals surface area contributed by atoms with E-state index in [2.05, 4.69) is 15.4 Å². The summed E-state index contributed by atoms with van der Waals surface area (Å²) in [5.74, 6) is -2.43. The number of allylic oxidation sites excluding steroid dienone is 1. The molecule has 0 bridgehead atoms. The van der Waals surface area contributed by atoms with Crippen LogP contribution >= 0.6 is 0 Å². The van der Waals surface area contributed by atoms with Gasteiger partial charge in [0.2, 0.25) is 21.8 Å². The van der Waals surface area contributed by atoms with Crippen LogP contribution in [0, 0.1) is 11.7 Å². The number of furan rings is 1. The molecule has 2 aromatic heterocycles. The van der Waals surface area contributed by atoms with Gasteiger partial charge in [-0.3, -0.25) is 19.1 Å². The number of ether oxygens (including phenoxy) is 3. The maximum absolute atomic E-state index is 15.0. The summed E-state index contributed by atoms with van der Waals surface area (Å²) in [5.41, 5.74) is -0.0695. The lowest BCUT2D eigenvalue weighted by Crippen LogP contribution is -2.58. The fourth-order valence-electron chi connectivity index (χ4n) is 9.11. The summed E-state index contributed by atoms with van der Waals surface area (Å²) in [6, 6.07) is 7.26. The van der Waals surface area contributed by atoms with Crippen LogP contribution in [0.4, 0.5) is 9.18 Å². The largest absolute Gasteiger partial charge is 0.490 e. The second kappa shape index (κ2) is 16.4. The lowest BCUT2D eigenvalue weighted by molar-refractivity contribution is -0.141. The van der Waals surface area contributed by atoms with Crippen molar-refractivity contribution in [2.24, 2.45) is 5.92 Å². The Bertz CT molecular complexity index is 2540. The third-order valence-corrected chi connectivity index (χ3v) is 14.4. The number of benzene rings is 2. The molecule has 4 fully saturated rings. The average Bonchev–Trinajstić information content (AvgIpc) is 4.04. The first-order valence-electron chi connectivity index (χ1n) is 21.5. The number of hydrogen-bond acceptors (Lipinski definition) is 11. The number of carbonyl (C=O) groups is 4. The van der Waals surface area contributed by atoms with Crippen molar-refractivity contribution in [2.45, 2.75) is 125 Å². The molecule has 3 aliphatic carbocycles. The maximum Gasteiger partial charge on any atom is 0.408 e. The monoisotopic (exact) mass is 859 g/mol. The van der Waals surface area contributed by atoms with Crippen molar-refractivity contribution in [3.63, 3.8) is 0 Å². The number of nitrogens with one attached hydrogen (secondary N) is 3. The van der Waals surface area contributed by atoms with Gasteiger partial charge < -0.3 is 34.2 Å². The Balaban J connectivity index is 1.08. The number of halogens is 1. The standard InChI is InChI=1S/C44H50FN5O10S/c1-2-57-35-16-10-14-30-36-39(60-37(30)35)38(31-21-26(45)17-20-32(31)46-36)58-28-22-34-40(51)48-44(42(53)49-61(55,56)29-18-19-29)23-25(44)11-6-4-3-5-7-15-33(41(52)50(34)24-28)47-43(54)59-27-12-8-9-13-27/h6,10-11,14,16-17,20-21,25,27-29,33-34H,2-5,7-9,12-13,15,18-19,22-24H2,1H3,(H,47,54)(H,48,51)(H,49,53)/t25-,28-,33+,34+,44-/m1/s1. The van der Waals surface area contributed by atoms with E-state index in [0.29, 0.717) is 65.4 Å². The number of amides is 4. The van der Waals surface area contributed by atoms with Crippen molar-refractivity contribution in [1.82, 2.24) is 25.2 Å². The number of hydrogen-bond donors (Lipinski definition) is 3. The summed E-state index contributed by atoms with van der Waals surface area (Å²) in [6.45, 7) is 2.10. The van der Waals surface area contributed by atoms with E-state index in [1.165, 1.54) is 23.1 Å². The van der Waals surface area contributed by atoms with Crippen LogP contribution in [0.25, 0.3) is 33.0 Å². The lowest BCUT2D eigenvalue weighted by atomic mass is 10.0. The molecular weight excluding hydrogens is 810 g/mol. The molecule has 324 valence electrons. The van der Waals surface area contributed by atoms with Crippen LogP contribution in [0.2, 0.25) is 0 Å². The Kier molecular flexibility index (Phi) is 11.0. The first kappa shape index (κ1) is 40.9. The molecule has 4 aromatic rings. The molecule has 0 spiro atoms. The smallest absolute Gasteiger partial charge is 0.408 e. The van der Waals surface area contributed by atoms with Crippen LogP contribution in [0.15, 0.2) is 53.0 Å². The van der Waals surface area contributed by atoms with Gasteiger partial charge in [0.25, 0.3) is 5.91 Å². The molecule has 2 aliphatic heterocycles. The molecular formula is C44H50FN5O10S. The first-order chi connectivity index (χ1) is 29.4. The minimum absolute atomic E-state index is 0.0690. The SMILES string of the molecule is CCOc1cccc2c1oc1c(O[C@@H]3C[C@H]4C(=O)N[C@]5(C(=O)NS(=O)(=O)C6CC6)C[C@H]5C=CCCCCC[C@H](NC(=O)OC5CCCC5)C(=O)N4C3)c3cc(F)ccc3nc12. The Morgan fingerprint density at radius 3 is 2.59 bits per heavy atom. The number of pyridine rings is 1. The molecule has 3 saturated carbocycles. The number of nitrogens with zero attached hydrogens (tertiary/aromatic N) is 2. The number of rotatable bonds is 9.